The molecule has 0 amide bonds. The second-order valence-electron chi connectivity index (χ2n) is 7.00. The summed E-state index contributed by atoms with van der Waals surface area (Å²) in [7, 11) is 0. The SMILES string of the molecule is CC(C)Oc1ncccc1CN1CCc2nc(-c3cccnc3)ncc2C1. The second-order valence-corrected chi connectivity index (χ2v) is 7.00. The van der Waals surface area contributed by atoms with Crippen molar-refractivity contribution in [3.8, 4) is 17.3 Å². The van der Waals surface area contributed by atoms with Gasteiger partial charge in [0.1, 0.15) is 0 Å². The van der Waals surface area contributed by atoms with Crippen LogP contribution < -0.4 is 4.74 Å². The van der Waals surface area contributed by atoms with E-state index in [-0.39, 0.29) is 6.10 Å². The third-order valence-electron chi connectivity index (χ3n) is 4.52. The van der Waals surface area contributed by atoms with E-state index in [0.717, 1.165) is 54.6 Å². The maximum Gasteiger partial charge on any atom is 0.218 e. The molecule has 0 saturated carbocycles. The fraction of sp³-hybridized carbons (Fsp3) is 0.333. The van der Waals surface area contributed by atoms with E-state index < -0.39 is 0 Å². The lowest BCUT2D eigenvalue weighted by Crippen LogP contribution is -2.31. The summed E-state index contributed by atoms with van der Waals surface area (Å²) < 4.78 is 5.85. The zero-order valence-electron chi connectivity index (χ0n) is 15.7. The van der Waals surface area contributed by atoms with Crippen LogP contribution in [0.15, 0.2) is 49.1 Å². The van der Waals surface area contributed by atoms with Crippen LogP contribution in [-0.2, 0) is 19.5 Å². The molecular formula is C21H23N5O. The lowest BCUT2D eigenvalue weighted by molar-refractivity contribution is 0.211. The van der Waals surface area contributed by atoms with Gasteiger partial charge in [0.15, 0.2) is 5.82 Å². The van der Waals surface area contributed by atoms with E-state index in [1.165, 1.54) is 5.56 Å². The van der Waals surface area contributed by atoms with Gasteiger partial charge < -0.3 is 4.74 Å². The smallest absolute Gasteiger partial charge is 0.218 e. The third-order valence-corrected chi connectivity index (χ3v) is 4.52. The Labute approximate surface area is 159 Å². The first-order valence-corrected chi connectivity index (χ1v) is 9.27. The molecule has 3 aromatic rings. The Balaban J connectivity index is 1.50. The minimum atomic E-state index is 0.111. The predicted octanol–water partition coefficient (Wildman–Crippen LogP) is 3.28. The van der Waals surface area contributed by atoms with Crippen LogP contribution >= 0.6 is 0 Å². The lowest BCUT2D eigenvalue weighted by Gasteiger charge is -2.28. The highest BCUT2D eigenvalue weighted by Crippen LogP contribution is 2.24. The average molecular weight is 361 g/mol. The number of pyridine rings is 2. The van der Waals surface area contributed by atoms with Crippen LogP contribution in [0.2, 0.25) is 0 Å². The molecule has 0 unspecified atom stereocenters. The van der Waals surface area contributed by atoms with E-state index >= 15 is 0 Å². The summed E-state index contributed by atoms with van der Waals surface area (Å²) >= 11 is 0. The van der Waals surface area contributed by atoms with Gasteiger partial charge in [-0.15, -0.1) is 0 Å². The fourth-order valence-corrected chi connectivity index (χ4v) is 3.26. The van der Waals surface area contributed by atoms with Crippen molar-refractivity contribution in [3.63, 3.8) is 0 Å². The van der Waals surface area contributed by atoms with Crippen molar-refractivity contribution < 1.29 is 4.74 Å². The molecule has 0 atom stereocenters. The number of hydrogen-bond acceptors (Lipinski definition) is 6. The summed E-state index contributed by atoms with van der Waals surface area (Å²) in [5, 5.41) is 0. The topological polar surface area (TPSA) is 64.0 Å². The van der Waals surface area contributed by atoms with Gasteiger partial charge >= 0.3 is 0 Å². The molecule has 6 heteroatoms. The summed E-state index contributed by atoms with van der Waals surface area (Å²) in [4.78, 5) is 20.3. The van der Waals surface area contributed by atoms with E-state index in [0.29, 0.717) is 0 Å². The quantitative estimate of drug-likeness (QED) is 0.695. The molecular weight excluding hydrogens is 338 g/mol. The molecule has 0 spiro atoms. The van der Waals surface area contributed by atoms with Crippen molar-refractivity contribution >= 4 is 0 Å². The van der Waals surface area contributed by atoms with E-state index in [2.05, 4.69) is 25.9 Å². The maximum atomic E-state index is 5.85. The standard InChI is InChI=1S/C21H23N5O/c1-15(2)27-21-17(6-4-9-23-21)13-26-10-7-19-18(14-26)12-24-20(25-19)16-5-3-8-22-11-16/h3-6,8-9,11-12,15H,7,10,13-14H2,1-2H3. The first-order chi connectivity index (χ1) is 13.2. The van der Waals surface area contributed by atoms with Crippen LogP contribution in [0.4, 0.5) is 0 Å². The zero-order valence-corrected chi connectivity index (χ0v) is 15.7. The monoisotopic (exact) mass is 361 g/mol. The van der Waals surface area contributed by atoms with Crippen LogP contribution in [-0.4, -0.2) is 37.5 Å². The van der Waals surface area contributed by atoms with Crippen molar-refractivity contribution in [1.29, 1.82) is 0 Å². The molecule has 0 aromatic carbocycles. The highest BCUT2D eigenvalue weighted by Gasteiger charge is 2.20. The van der Waals surface area contributed by atoms with Gasteiger partial charge in [0.25, 0.3) is 0 Å². The van der Waals surface area contributed by atoms with E-state index in [4.69, 9.17) is 9.72 Å². The molecule has 3 aromatic heterocycles. The van der Waals surface area contributed by atoms with Gasteiger partial charge in [0.05, 0.1) is 11.8 Å². The molecule has 0 N–H and O–H groups in total. The van der Waals surface area contributed by atoms with Gasteiger partial charge in [-0.05, 0) is 32.0 Å². The Bertz CT molecular complexity index is 913. The molecule has 6 nitrogen and oxygen atoms in total. The van der Waals surface area contributed by atoms with Crippen molar-refractivity contribution in [2.45, 2.75) is 39.5 Å². The minimum absolute atomic E-state index is 0.111. The minimum Gasteiger partial charge on any atom is -0.475 e. The molecule has 1 aliphatic rings. The molecule has 0 aliphatic carbocycles. The van der Waals surface area contributed by atoms with Crippen molar-refractivity contribution in [3.05, 3.63) is 65.9 Å². The van der Waals surface area contributed by atoms with Crippen molar-refractivity contribution in [2.75, 3.05) is 6.54 Å². The summed E-state index contributed by atoms with van der Waals surface area (Å²) in [6.07, 6.45) is 8.31. The first-order valence-electron chi connectivity index (χ1n) is 9.27. The predicted molar refractivity (Wildman–Crippen MR) is 103 cm³/mol. The zero-order chi connectivity index (χ0) is 18.6. The Kier molecular flexibility index (Phi) is 5.07. The van der Waals surface area contributed by atoms with Crippen molar-refractivity contribution in [1.82, 2.24) is 24.8 Å². The highest BCUT2D eigenvalue weighted by molar-refractivity contribution is 5.53. The summed E-state index contributed by atoms with van der Waals surface area (Å²) in [6.45, 7) is 6.63. The van der Waals surface area contributed by atoms with E-state index in [1.807, 2.05) is 38.2 Å². The molecule has 4 heterocycles. The van der Waals surface area contributed by atoms with Gasteiger partial charge in [-0.2, -0.15) is 0 Å². The van der Waals surface area contributed by atoms with Gasteiger partial charge in [0.2, 0.25) is 5.88 Å². The van der Waals surface area contributed by atoms with Crippen LogP contribution in [0.1, 0.15) is 30.7 Å². The fourth-order valence-electron chi connectivity index (χ4n) is 3.26. The Hall–Kier alpha value is -2.86. The van der Waals surface area contributed by atoms with E-state index in [1.54, 1.807) is 18.6 Å². The normalized spacial score (nSPS) is 14.2. The number of aromatic nitrogens is 4. The number of rotatable bonds is 5. The van der Waals surface area contributed by atoms with Crippen LogP contribution in [0.25, 0.3) is 11.4 Å². The van der Waals surface area contributed by atoms with Gasteiger partial charge in [-0.25, -0.2) is 15.0 Å². The molecule has 0 fully saturated rings. The summed E-state index contributed by atoms with van der Waals surface area (Å²) in [6, 6.07) is 7.94. The van der Waals surface area contributed by atoms with Gasteiger partial charge in [0, 0.05) is 67.5 Å². The van der Waals surface area contributed by atoms with E-state index in [9.17, 15) is 0 Å². The first kappa shape index (κ1) is 17.5. The molecule has 27 heavy (non-hydrogen) atoms. The number of hydrogen-bond donors (Lipinski definition) is 0. The van der Waals surface area contributed by atoms with Crippen LogP contribution in [0.5, 0.6) is 5.88 Å². The summed E-state index contributed by atoms with van der Waals surface area (Å²) in [5.74, 6) is 1.47. The average Bonchev–Trinajstić information content (AvgIpc) is 2.69. The Morgan fingerprint density at radius 2 is 2.00 bits per heavy atom. The molecule has 138 valence electrons. The third kappa shape index (κ3) is 4.11. The van der Waals surface area contributed by atoms with Gasteiger partial charge in [-0.3, -0.25) is 9.88 Å². The van der Waals surface area contributed by atoms with Gasteiger partial charge in [-0.1, -0.05) is 6.07 Å². The summed E-state index contributed by atoms with van der Waals surface area (Å²) in [5.41, 5.74) is 4.38. The Morgan fingerprint density at radius 3 is 2.81 bits per heavy atom. The maximum absolute atomic E-state index is 5.85. The molecule has 1 aliphatic heterocycles. The molecule has 0 radical (unpaired) electrons. The largest absolute Gasteiger partial charge is 0.475 e. The number of nitrogens with zero attached hydrogens (tertiary/aromatic N) is 5. The molecule has 4 rings (SSSR count). The van der Waals surface area contributed by atoms with Crippen LogP contribution in [0.3, 0.4) is 0 Å². The lowest BCUT2D eigenvalue weighted by atomic mass is 10.1. The second kappa shape index (κ2) is 7.80. The van der Waals surface area contributed by atoms with Crippen molar-refractivity contribution in [2.24, 2.45) is 0 Å². The number of fused-ring (bicyclic) bond motifs is 1. The molecule has 0 saturated heterocycles. The molecule has 0 bridgehead atoms. The number of ether oxygens (including phenoxy) is 1. The Morgan fingerprint density at radius 1 is 1.11 bits per heavy atom. The van der Waals surface area contributed by atoms with Crippen LogP contribution in [0, 0.1) is 0 Å². The highest BCUT2D eigenvalue weighted by atomic mass is 16.5.